The van der Waals surface area contributed by atoms with E-state index in [1.165, 1.54) is 0 Å². The van der Waals surface area contributed by atoms with Gasteiger partial charge in [0.25, 0.3) is 0 Å². The van der Waals surface area contributed by atoms with Crippen molar-refractivity contribution in [2.24, 2.45) is 5.73 Å². The Kier molecular flexibility index (Phi) is 7.49. The lowest BCUT2D eigenvalue weighted by Gasteiger charge is -2.18. The van der Waals surface area contributed by atoms with Crippen LogP contribution >= 0.6 is 0 Å². The molecule has 0 aliphatic rings. The number of ketones is 1. The van der Waals surface area contributed by atoms with Crippen LogP contribution in [0.25, 0.3) is 0 Å². The number of carbonyl (C=O) groups is 2. The molecule has 164 valence electrons. The van der Waals surface area contributed by atoms with E-state index in [0.717, 1.165) is 0 Å². The molecule has 0 fully saturated rings. The molecule has 1 aromatic carbocycles. The Bertz CT molecular complexity index is 980. The predicted molar refractivity (Wildman–Crippen MR) is 111 cm³/mol. The summed E-state index contributed by atoms with van der Waals surface area (Å²) in [4.78, 5) is 29.2. The summed E-state index contributed by atoms with van der Waals surface area (Å²) >= 11 is 0. The number of rotatable bonds is 9. The lowest BCUT2D eigenvalue weighted by Crippen LogP contribution is -2.50. The third-order valence-electron chi connectivity index (χ3n) is 4.33. The van der Waals surface area contributed by atoms with Gasteiger partial charge in [-0.25, -0.2) is 8.42 Å². The molecule has 2 aromatic rings. The van der Waals surface area contributed by atoms with Gasteiger partial charge in [-0.05, 0) is 12.0 Å². The van der Waals surface area contributed by atoms with Gasteiger partial charge in [0, 0.05) is 5.41 Å². The third-order valence-corrected chi connectivity index (χ3v) is 5.97. The molecule has 3 N–H and O–H groups in total. The van der Waals surface area contributed by atoms with Gasteiger partial charge in [0.05, 0.1) is 23.6 Å². The lowest BCUT2D eigenvalue weighted by molar-refractivity contribution is -0.122. The van der Waals surface area contributed by atoms with Crippen molar-refractivity contribution in [2.75, 3.05) is 5.75 Å². The van der Waals surface area contributed by atoms with Crippen LogP contribution in [-0.2, 0) is 25.8 Å². The van der Waals surface area contributed by atoms with Gasteiger partial charge in [-0.2, -0.15) is 4.98 Å². The molecule has 0 unspecified atom stereocenters. The van der Waals surface area contributed by atoms with Crippen LogP contribution in [0.1, 0.15) is 56.2 Å². The highest BCUT2D eigenvalue weighted by molar-refractivity contribution is 7.90. The molecular formula is C20H28N4O5S. The van der Waals surface area contributed by atoms with Crippen molar-refractivity contribution in [1.82, 2.24) is 15.5 Å². The van der Waals surface area contributed by atoms with Gasteiger partial charge in [0.2, 0.25) is 23.4 Å². The summed E-state index contributed by atoms with van der Waals surface area (Å²) in [6.45, 7) is 7.29. The Morgan fingerprint density at radius 2 is 1.83 bits per heavy atom. The Balaban J connectivity index is 2.01. The molecule has 0 aliphatic carbocycles. The van der Waals surface area contributed by atoms with E-state index in [-0.39, 0.29) is 18.0 Å². The summed E-state index contributed by atoms with van der Waals surface area (Å²) in [7, 11) is -3.62. The molecule has 1 heterocycles. The van der Waals surface area contributed by atoms with Crippen LogP contribution in [0.4, 0.5) is 0 Å². The van der Waals surface area contributed by atoms with Gasteiger partial charge in [0.15, 0.2) is 9.84 Å². The molecule has 2 rings (SSSR count). The van der Waals surface area contributed by atoms with Crippen LogP contribution in [-0.4, -0.2) is 48.1 Å². The maximum Gasteiger partial charge on any atom is 0.240 e. The fourth-order valence-corrected chi connectivity index (χ4v) is 4.17. The Hall–Kier alpha value is -2.59. The highest BCUT2D eigenvalue weighted by Crippen LogP contribution is 2.20. The van der Waals surface area contributed by atoms with E-state index >= 15 is 0 Å². The van der Waals surface area contributed by atoms with Gasteiger partial charge < -0.3 is 15.6 Å². The normalized spacial score (nSPS) is 14.2. The smallest absolute Gasteiger partial charge is 0.240 e. The van der Waals surface area contributed by atoms with E-state index in [1.807, 2.05) is 20.8 Å². The fraction of sp³-hybridized carbons (Fsp3) is 0.500. The number of carbonyl (C=O) groups excluding carboxylic acids is 2. The van der Waals surface area contributed by atoms with Crippen LogP contribution in [0.15, 0.2) is 34.9 Å². The molecule has 1 amide bonds. The molecule has 0 aliphatic heterocycles. The minimum Gasteiger partial charge on any atom is -0.344 e. The molecule has 30 heavy (non-hydrogen) atoms. The van der Waals surface area contributed by atoms with Crippen molar-refractivity contribution in [1.29, 1.82) is 0 Å². The minimum absolute atomic E-state index is 0.141. The number of nitrogens with two attached hydrogens (primary N) is 1. The second kappa shape index (κ2) is 9.48. The molecule has 9 nitrogen and oxygen atoms in total. The zero-order chi connectivity index (χ0) is 22.5. The van der Waals surface area contributed by atoms with Crippen LogP contribution in [0, 0.1) is 0 Å². The Morgan fingerprint density at radius 3 is 2.37 bits per heavy atom. The van der Waals surface area contributed by atoms with E-state index in [9.17, 15) is 18.0 Å². The highest BCUT2D eigenvalue weighted by Gasteiger charge is 2.30. The summed E-state index contributed by atoms with van der Waals surface area (Å²) in [5.74, 6) is -1.85. The van der Waals surface area contributed by atoms with Crippen LogP contribution in [0.3, 0.4) is 0 Å². The largest absolute Gasteiger partial charge is 0.344 e. The first-order chi connectivity index (χ1) is 13.9. The SMILES string of the molecule is CC[C@H](NC(=O)[C@@H](N)CS(=O)(=O)Cc1ccccc1)C(=O)c1noc(C(C)(C)C)n1. The maximum atomic E-state index is 12.6. The van der Waals surface area contributed by atoms with E-state index in [2.05, 4.69) is 15.5 Å². The van der Waals surface area contributed by atoms with E-state index in [4.69, 9.17) is 10.3 Å². The first kappa shape index (κ1) is 23.7. The molecule has 0 spiro atoms. The van der Waals surface area contributed by atoms with E-state index in [0.29, 0.717) is 11.5 Å². The van der Waals surface area contributed by atoms with Crippen LogP contribution in [0.2, 0.25) is 0 Å². The third kappa shape index (κ3) is 6.46. The molecule has 1 aromatic heterocycles. The first-order valence-electron chi connectivity index (χ1n) is 9.61. The van der Waals surface area contributed by atoms with Gasteiger partial charge in [-0.1, -0.05) is 63.2 Å². The van der Waals surface area contributed by atoms with Gasteiger partial charge >= 0.3 is 0 Å². The van der Waals surface area contributed by atoms with Crippen molar-refractivity contribution >= 4 is 21.5 Å². The number of nitrogens with zero attached hydrogens (tertiary/aromatic N) is 2. The number of nitrogens with one attached hydrogen (secondary N) is 1. The average Bonchev–Trinajstić information content (AvgIpc) is 3.16. The number of benzene rings is 1. The molecular weight excluding hydrogens is 408 g/mol. The molecule has 0 saturated heterocycles. The molecule has 2 atom stereocenters. The molecule has 0 radical (unpaired) electrons. The fourth-order valence-electron chi connectivity index (χ4n) is 2.65. The minimum atomic E-state index is -3.62. The molecule has 10 heteroatoms. The van der Waals surface area contributed by atoms with Crippen molar-refractivity contribution < 1.29 is 22.5 Å². The number of amides is 1. The Labute approximate surface area is 176 Å². The van der Waals surface area contributed by atoms with Gasteiger partial charge in [0.1, 0.15) is 0 Å². The van der Waals surface area contributed by atoms with Gasteiger partial charge in [-0.15, -0.1) is 0 Å². The van der Waals surface area contributed by atoms with Crippen LogP contribution in [0.5, 0.6) is 0 Å². The summed E-state index contributed by atoms with van der Waals surface area (Å²) < 4.78 is 29.8. The number of hydrogen-bond donors (Lipinski definition) is 2. The summed E-state index contributed by atoms with van der Waals surface area (Å²) in [5, 5.41) is 6.20. The predicted octanol–water partition coefficient (Wildman–Crippen LogP) is 1.39. The van der Waals surface area contributed by atoms with Gasteiger partial charge in [-0.3, -0.25) is 9.59 Å². The Morgan fingerprint density at radius 1 is 1.20 bits per heavy atom. The van der Waals surface area contributed by atoms with Crippen LogP contribution < -0.4 is 11.1 Å². The summed E-state index contributed by atoms with van der Waals surface area (Å²) in [5.41, 5.74) is 5.99. The van der Waals surface area contributed by atoms with Crippen molar-refractivity contribution in [2.45, 2.75) is 57.4 Å². The zero-order valence-corrected chi connectivity index (χ0v) is 18.4. The lowest BCUT2D eigenvalue weighted by atomic mass is 9.97. The standard InChI is InChI=1S/C20H28N4O5S/c1-5-15(16(25)17-23-19(29-24-17)20(2,3)4)22-18(26)14(21)12-30(27,28)11-13-9-7-6-8-10-13/h6-10,14-15H,5,11-12,21H2,1-4H3,(H,22,26)/t14-,15-/m0/s1. The second-order valence-electron chi connectivity index (χ2n) is 8.15. The highest BCUT2D eigenvalue weighted by atomic mass is 32.2. The van der Waals surface area contributed by atoms with Crippen molar-refractivity contribution in [3.63, 3.8) is 0 Å². The first-order valence-corrected chi connectivity index (χ1v) is 11.4. The molecule has 0 bridgehead atoms. The maximum absolute atomic E-state index is 12.6. The monoisotopic (exact) mass is 436 g/mol. The number of Topliss-reactive ketones (excluding diaryl/α,β-unsaturated/α-hetero) is 1. The quantitative estimate of drug-likeness (QED) is 0.561. The molecule has 0 saturated carbocycles. The summed E-state index contributed by atoms with van der Waals surface area (Å²) in [6, 6.07) is 6.38. The van der Waals surface area contributed by atoms with E-state index < -0.39 is 44.8 Å². The second-order valence-corrected chi connectivity index (χ2v) is 10.3. The van der Waals surface area contributed by atoms with Crippen molar-refractivity contribution in [3.05, 3.63) is 47.6 Å². The number of sulfone groups is 1. The summed E-state index contributed by atoms with van der Waals surface area (Å²) in [6.07, 6.45) is 0.257. The average molecular weight is 437 g/mol. The zero-order valence-electron chi connectivity index (χ0n) is 17.6. The topological polar surface area (TPSA) is 145 Å². The number of hydrogen-bond acceptors (Lipinski definition) is 8. The number of aromatic nitrogens is 2. The van der Waals surface area contributed by atoms with E-state index in [1.54, 1.807) is 37.3 Å². The van der Waals surface area contributed by atoms with Crippen molar-refractivity contribution in [3.8, 4) is 0 Å².